The standard InChI is InChI=1S/C21H21N3O4/c25-18(28-13-16-9-5-2-6-10-16)17-11-21(19(26)22-20(27)23-21)14-24(17)12-15-7-3-1-4-8-15/h1-10,17H,11-14H2,(H2,22,23,26,27)/t17-,21-/m0/s1. The Balaban J connectivity index is 1.52. The molecule has 2 N–H and O–H groups in total. The Morgan fingerprint density at radius 1 is 1.04 bits per heavy atom. The van der Waals surface area contributed by atoms with E-state index in [9.17, 15) is 14.4 Å². The Hall–Kier alpha value is -3.19. The van der Waals surface area contributed by atoms with Gasteiger partial charge in [-0.05, 0) is 11.1 Å². The number of likely N-dealkylation sites (tertiary alicyclic amines) is 1. The molecule has 0 radical (unpaired) electrons. The highest BCUT2D eigenvalue weighted by atomic mass is 16.5. The number of carbonyl (C=O) groups is 3. The summed E-state index contributed by atoms with van der Waals surface area (Å²) in [6.07, 6.45) is 0.186. The predicted molar refractivity (Wildman–Crippen MR) is 101 cm³/mol. The van der Waals surface area contributed by atoms with Crippen molar-refractivity contribution < 1.29 is 19.1 Å². The van der Waals surface area contributed by atoms with Crippen LogP contribution in [0.3, 0.4) is 0 Å². The SMILES string of the molecule is O=C1NC(=O)[C@@]2(C[C@@H](C(=O)OCc3ccccc3)N(Cc3ccccc3)C2)N1. The second kappa shape index (κ2) is 7.44. The monoisotopic (exact) mass is 379 g/mol. The van der Waals surface area contributed by atoms with Gasteiger partial charge in [0.15, 0.2) is 0 Å². The van der Waals surface area contributed by atoms with Crippen molar-refractivity contribution in [2.24, 2.45) is 0 Å². The van der Waals surface area contributed by atoms with E-state index < -0.39 is 29.5 Å². The molecule has 0 bridgehead atoms. The molecule has 0 saturated carbocycles. The Kier molecular flexibility index (Phi) is 4.83. The van der Waals surface area contributed by atoms with Crippen LogP contribution in [-0.2, 0) is 27.5 Å². The summed E-state index contributed by atoms with van der Waals surface area (Å²) in [6.45, 7) is 0.905. The molecular formula is C21H21N3O4. The summed E-state index contributed by atoms with van der Waals surface area (Å²) in [7, 11) is 0. The van der Waals surface area contributed by atoms with E-state index in [1.165, 1.54) is 0 Å². The van der Waals surface area contributed by atoms with Crippen molar-refractivity contribution in [1.29, 1.82) is 0 Å². The van der Waals surface area contributed by atoms with Gasteiger partial charge in [-0.2, -0.15) is 0 Å². The van der Waals surface area contributed by atoms with Gasteiger partial charge in [0, 0.05) is 19.5 Å². The molecular weight excluding hydrogens is 358 g/mol. The van der Waals surface area contributed by atoms with E-state index in [0.717, 1.165) is 11.1 Å². The average molecular weight is 379 g/mol. The van der Waals surface area contributed by atoms with Gasteiger partial charge in [0.25, 0.3) is 5.91 Å². The van der Waals surface area contributed by atoms with Crippen LogP contribution in [0.1, 0.15) is 17.5 Å². The number of nitrogens with one attached hydrogen (secondary N) is 2. The van der Waals surface area contributed by atoms with E-state index in [-0.39, 0.29) is 19.6 Å². The summed E-state index contributed by atoms with van der Waals surface area (Å²) in [4.78, 5) is 38.8. The van der Waals surface area contributed by atoms with Crippen LogP contribution in [0.4, 0.5) is 4.79 Å². The minimum absolute atomic E-state index is 0.168. The number of urea groups is 1. The number of ether oxygens (including phenoxy) is 1. The molecule has 2 heterocycles. The first kappa shape index (κ1) is 18.2. The van der Waals surface area contributed by atoms with Crippen LogP contribution in [0.5, 0.6) is 0 Å². The van der Waals surface area contributed by atoms with E-state index in [0.29, 0.717) is 6.54 Å². The molecule has 7 heteroatoms. The normalized spacial score (nSPS) is 24.2. The number of hydrogen-bond donors (Lipinski definition) is 2. The molecule has 2 aromatic carbocycles. The van der Waals surface area contributed by atoms with Crippen molar-refractivity contribution in [2.45, 2.75) is 31.2 Å². The zero-order valence-corrected chi connectivity index (χ0v) is 15.3. The van der Waals surface area contributed by atoms with Crippen molar-refractivity contribution in [1.82, 2.24) is 15.5 Å². The topological polar surface area (TPSA) is 87.7 Å². The quantitative estimate of drug-likeness (QED) is 0.608. The van der Waals surface area contributed by atoms with Crippen LogP contribution >= 0.6 is 0 Å². The largest absolute Gasteiger partial charge is 0.460 e. The first-order chi connectivity index (χ1) is 13.6. The predicted octanol–water partition coefficient (Wildman–Crippen LogP) is 1.58. The summed E-state index contributed by atoms with van der Waals surface area (Å²) in [5, 5.41) is 4.99. The third-order valence-electron chi connectivity index (χ3n) is 5.19. The fraction of sp³-hybridized carbons (Fsp3) is 0.286. The van der Waals surface area contributed by atoms with E-state index in [4.69, 9.17) is 4.74 Å². The van der Waals surface area contributed by atoms with Gasteiger partial charge in [0.05, 0.1) is 0 Å². The van der Waals surface area contributed by atoms with Gasteiger partial charge in [-0.15, -0.1) is 0 Å². The van der Waals surface area contributed by atoms with Crippen molar-refractivity contribution >= 4 is 17.9 Å². The lowest BCUT2D eigenvalue weighted by Crippen LogP contribution is -2.48. The highest BCUT2D eigenvalue weighted by Gasteiger charge is 2.56. The van der Waals surface area contributed by atoms with Gasteiger partial charge in [0.2, 0.25) is 0 Å². The highest BCUT2D eigenvalue weighted by molar-refractivity contribution is 6.07. The lowest BCUT2D eigenvalue weighted by molar-refractivity contribution is -0.150. The maximum Gasteiger partial charge on any atom is 0.323 e. The molecule has 2 saturated heterocycles. The van der Waals surface area contributed by atoms with Crippen LogP contribution < -0.4 is 10.6 Å². The molecule has 2 aliphatic rings. The van der Waals surface area contributed by atoms with Gasteiger partial charge >= 0.3 is 12.0 Å². The molecule has 7 nitrogen and oxygen atoms in total. The van der Waals surface area contributed by atoms with Crippen LogP contribution in [0.25, 0.3) is 0 Å². The number of rotatable bonds is 5. The number of hydrogen-bond acceptors (Lipinski definition) is 5. The highest BCUT2D eigenvalue weighted by Crippen LogP contribution is 2.32. The van der Waals surface area contributed by atoms with Gasteiger partial charge < -0.3 is 10.1 Å². The molecule has 0 aromatic heterocycles. The number of carbonyl (C=O) groups excluding carboxylic acids is 3. The van der Waals surface area contributed by atoms with Gasteiger partial charge in [-0.25, -0.2) is 4.79 Å². The molecule has 2 aromatic rings. The first-order valence-electron chi connectivity index (χ1n) is 9.18. The summed E-state index contributed by atoms with van der Waals surface area (Å²) >= 11 is 0. The Bertz CT molecular complexity index is 887. The van der Waals surface area contributed by atoms with Crippen molar-refractivity contribution in [3.05, 3.63) is 71.8 Å². The summed E-state index contributed by atoms with van der Waals surface area (Å²) in [6, 6.07) is 18.0. The number of benzene rings is 2. The minimum atomic E-state index is -1.09. The third kappa shape index (κ3) is 3.61. The first-order valence-corrected chi connectivity index (χ1v) is 9.18. The molecule has 1 spiro atoms. The van der Waals surface area contributed by atoms with Gasteiger partial charge in [-0.1, -0.05) is 60.7 Å². The second-order valence-corrected chi connectivity index (χ2v) is 7.19. The molecule has 0 unspecified atom stereocenters. The fourth-order valence-corrected chi connectivity index (χ4v) is 3.81. The smallest absolute Gasteiger partial charge is 0.323 e. The molecule has 3 amide bonds. The van der Waals surface area contributed by atoms with Crippen molar-refractivity contribution in [3.8, 4) is 0 Å². The third-order valence-corrected chi connectivity index (χ3v) is 5.19. The Labute approximate surface area is 162 Å². The van der Waals surface area contributed by atoms with Gasteiger partial charge in [0.1, 0.15) is 18.2 Å². The molecule has 0 aliphatic carbocycles. The maximum atomic E-state index is 12.8. The lowest BCUT2D eigenvalue weighted by atomic mass is 9.96. The van der Waals surface area contributed by atoms with Crippen LogP contribution in [0, 0.1) is 0 Å². The molecule has 4 rings (SSSR count). The lowest BCUT2D eigenvalue weighted by Gasteiger charge is -2.23. The molecule has 28 heavy (non-hydrogen) atoms. The number of esters is 1. The summed E-state index contributed by atoms with van der Waals surface area (Å²) in [5.41, 5.74) is 0.817. The van der Waals surface area contributed by atoms with E-state index in [1.54, 1.807) is 0 Å². The second-order valence-electron chi connectivity index (χ2n) is 7.19. The van der Waals surface area contributed by atoms with Gasteiger partial charge in [-0.3, -0.25) is 19.8 Å². The number of imide groups is 1. The fourth-order valence-electron chi connectivity index (χ4n) is 3.81. The van der Waals surface area contributed by atoms with Crippen LogP contribution in [0.2, 0.25) is 0 Å². The molecule has 2 fully saturated rings. The maximum absolute atomic E-state index is 12.8. The van der Waals surface area contributed by atoms with E-state index in [2.05, 4.69) is 10.6 Å². The molecule has 2 aliphatic heterocycles. The Morgan fingerprint density at radius 3 is 2.29 bits per heavy atom. The number of nitrogens with zero attached hydrogens (tertiary/aromatic N) is 1. The van der Waals surface area contributed by atoms with E-state index >= 15 is 0 Å². The van der Waals surface area contributed by atoms with E-state index in [1.807, 2.05) is 65.6 Å². The zero-order valence-electron chi connectivity index (χ0n) is 15.3. The average Bonchev–Trinajstić information content (AvgIpc) is 3.20. The number of amides is 3. The minimum Gasteiger partial charge on any atom is -0.460 e. The zero-order chi connectivity index (χ0) is 19.6. The summed E-state index contributed by atoms with van der Waals surface area (Å²) < 4.78 is 5.52. The van der Waals surface area contributed by atoms with Crippen LogP contribution in [-0.4, -0.2) is 40.9 Å². The summed E-state index contributed by atoms with van der Waals surface area (Å²) in [5.74, 6) is -0.792. The molecule has 2 atom stereocenters. The van der Waals surface area contributed by atoms with Crippen LogP contribution in [0.15, 0.2) is 60.7 Å². The van der Waals surface area contributed by atoms with Crippen molar-refractivity contribution in [2.75, 3.05) is 6.54 Å². The van der Waals surface area contributed by atoms with Crippen molar-refractivity contribution in [3.63, 3.8) is 0 Å². The Morgan fingerprint density at radius 2 is 1.68 bits per heavy atom. The molecule has 144 valence electrons.